The normalized spacial score (nSPS) is 18.5. The molecule has 0 spiro atoms. The third-order valence-electron chi connectivity index (χ3n) is 5.70. The number of rotatable bonds is 5. The average molecular weight is 427 g/mol. The van der Waals surface area contributed by atoms with E-state index in [0.717, 1.165) is 22.2 Å². The maximum Gasteiger partial charge on any atom is 0.262 e. The molecule has 1 aromatic carbocycles. The Labute approximate surface area is 177 Å². The van der Waals surface area contributed by atoms with Gasteiger partial charge in [-0.25, -0.2) is 4.39 Å². The van der Waals surface area contributed by atoms with Crippen LogP contribution in [0.2, 0.25) is 0 Å². The minimum absolute atomic E-state index is 0.0248. The van der Waals surface area contributed by atoms with E-state index in [0.29, 0.717) is 13.1 Å². The van der Waals surface area contributed by atoms with Crippen LogP contribution in [0, 0.1) is 12.7 Å². The highest BCUT2D eigenvalue weighted by molar-refractivity contribution is 6.23. The molecule has 1 saturated heterocycles. The summed E-state index contributed by atoms with van der Waals surface area (Å²) in [6.45, 7) is 4.91. The fourth-order valence-corrected chi connectivity index (χ4v) is 3.99. The first-order chi connectivity index (χ1) is 14.7. The quantitative estimate of drug-likeness (QED) is 0.723. The number of benzene rings is 1. The molecule has 2 aliphatic heterocycles. The first-order valence-electron chi connectivity index (χ1n) is 10.0. The van der Waals surface area contributed by atoms with E-state index in [1.807, 2.05) is 20.0 Å². The Kier molecular flexibility index (Phi) is 5.08. The molecule has 0 radical (unpaired) electrons. The lowest BCUT2D eigenvalue weighted by molar-refractivity contribution is -0.136. The molecule has 1 fully saturated rings. The van der Waals surface area contributed by atoms with Crippen molar-refractivity contribution in [2.45, 2.75) is 45.8 Å². The zero-order valence-corrected chi connectivity index (χ0v) is 17.4. The van der Waals surface area contributed by atoms with Crippen LogP contribution in [0.5, 0.6) is 0 Å². The molecule has 162 valence electrons. The first kappa shape index (κ1) is 20.7. The summed E-state index contributed by atoms with van der Waals surface area (Å²) in [6, 6.07) is 1.29. The fraction of sp³-hybridized carbons (Fsp3) is 0.381. The lowest BCUT2D eigenvalue weighted by Gasteiger charge is -2.27. The van der Waals surface area contributed by atoms with Gasteiger partial charge in [-0.1, -0.05) is 0 Å². The van der Waals surface area contributed by atoms with E-state index >= 15 is 0 Å². The molecule has 1 N–H and O–H groups in total. The Morgan fingerprint density at radius 3 is 2.48 bits per heavy atom. The zero-order valence-electron chi connectivity index (χ0n) is 17.4. The van der Waals surface area contributed by atoms with E-state index in [4.69, 9.17) is 0 Å². The number of aromatic nitrogens is 2. The van der Waals surface area contributed by atoms with Crippen molar-refractivity contribution in [1.29, 1.82) is 0 Å². The summed E-state index contributed by atoms with van der Waals surface area (Å²) < 4.78 is 16.7. The van der Waals surface area contributed by atoms with Gasteiger partial charge in [0.05, 0.1) is 22.5 Å². The molecule has 0 aliphatic carbocycles. The molecular weight excluding hydrogens is 405 g/mol. The molecule has 9 nitrogen and oxygen atoms in total. The molecule has 1 unspecified atom stereocenters. The van der Waals surface area contributed by atoms with E-state index in [9.17, 15) is 23.6 Å². The monoisotopic (exact) mass is 427 g/mol. The highest BCUT2D eigenvalue weighted by atomic mass is 19.1. The number of anilines is 1. The van der Waals surface area contributed by atoms with Crippen LogP contribution >= 0.6 is 0 Å². The van der Waals surface area contributed by atoms with Crippen LogP contribution in [0.25, 0.3) is 0 Å². The van der Waals surface area contributed by atoms with E-state index in [1.165, 1.54) is 6.07 Å². The number of nitrogens with one attached hydrogen (secondary N) is 1. The lowest BCUT2D eigenvalue weighted by atomic mass is 10.0. The molecule has 0 saturated carbocycles. The summed E-state index contributed by atoms with van der Waals surface area (Å²) in [7, 11) is 1.69. The summed E-state index contributed by atoms with van der Waals surface area (Å²) in [5, 5.41) is 6.52. The molecule has 4 rings (SSSR count). The Bertz CT molecular complexity index is 1130. The molecule has 10 heteroatoms. The summed E-state index contributed by atoms with van der Waals surface area (Å²) in [5.74, 6) is -3.20. The zero-order chi connectivity index (χ0) is 22.4. The van der Waals surface area contributed by atoms with Crippen LogP contribution in [-0.2, 0) is 22.7 Å². The van der Waals surface area contributed by atoms with Crippen molar-refractivity contribution < 1.29 is 23.6 Å². The van der Waals surface area contributed by atoms with Crippen LogP contribution in [-0.4, -0.2) is 51.4 Å². The number of hydrogen-bond donors (Lipinski definition) is 1. The molecule has 31 heavy (non-hydrogen) atoms. The predicted molar refractivity (Wildman–Crippen MR) is 108 cm³/mol. The van der Waals surface area contributed by atoms with Crippen LogP contribution in [0.3, 0.4) is 0 Å². The maximum atomic E-state index is 14.9. The number of piperidine rings is 1. The number of halogens is 1. The molecule has 3 heterocycles. The number of carbonyl (C=O) groups excluding carboxylic acids is 4. The van der Waals surface area contributed by atoms with Gasteiger partial charge in [0.2, 0.25) is 11.8 Å². The number of fused-ring (bicyclic) bond motifs is 1. The van der Waals surface area contributed by atoms with Crippen molar-refractivity contribution in [3.8, 4) is 0 Å². The van der Waals surface area contributed by atoms with Gasteiger partial charge in [-0.3, -0.25) is 34.1 Å². The predicted octanol–water partition coefficient (Wildman–Crippen LogP) is 1.39. The van der Waals surface area contributed by atoms with Crippen molar-refractivity contribution in [2.75, 3.05) is 11.9 Å². The Morgan fingerprint density at radius 1 is 1.19 bits per heavy atom. The first-order valence-corrected chi connectivity index (χ1v) is 10.0. The largest absolute Gasteiger partial charge is 0.368 e. The van der Waals surface area contributed by atoms with Gasteiger partial charge >= 0.3 is 0 Å². The molecule has 0 bridgehead atoms. The number of nitrogens with zero attached hydrogens (tertiary/aromatic N) is 4. The van der Waals surface area contributed by atoms with E-state index in [-0.39, 0.29) is 29.7 Å². The second-order valence-electron chi connectivity index (χ2n) is 7.75. The van der Waals surface area contributed by atoms with Gasteiger partial charge in [-0.15, -0.1) is 0 Å². The molecular formula is C21H22FN5O4. The third-order valence-corrected chi connectivity index (χ3v) is 5.70. The van der Waals surface area contributed by atoms with Crippen molar-refractivity contribution in [3.63, 3.8) is 0 Å². The lowest BCUT2D eigenvalue weighted by Crippen LogP contribution is -2.54. The van der Waals surface area contributed by atoms with E-state index in [1.54, 1.807) is 16.6 Å². The number of carbonyl (C=O) groups is 4. The second kappa shape index (κ2) is 7.60. The topological polar surface area (TPSA) is 105 Å². The highest BCUT2D eigenvalue weighted by Crippen LogP contribution is 2.32. The van der Waals surface area contributed by atoms with Gasteiger partial charge in [0.1, 0.15) is 11.9 Å². The van der Waals surface area contributed by atoms with Gasteiger partial charge in [-0.05, 0) is 32.4 Å². The molecule has 1 aromatic heterocycles. The standard InChI is InChI=1S/C21H22FN5O4/c1-4-26-10-12(11(2)24-26)9-25(3)17-8-14-13(7-15(17)22)20(30)27(21(14)31)16-5-6-18(28)23-19(16)29/h7-8,10,16H,4-6,9H2,1-3H3,(H,23,28,29). The number of imide groups is 2. The second-order valence-corrected chi connectivity index (χ2v) is 7.75. The van der Waals surface area contributed by atoms with Crippen LogP contribution in [0.15, 0.2) is 18.3 Å². The SMILES string of the molecule is CCn1cc(CN(C)c2cc3c(cc2F)C(=O)N(C2CCC(=O)NC2=O)C3=O)c(C)n1. The van der Waals surface area contributed by atoms with Crippen molar-refractivity contribution in [3.05, 3.63) is 46.5 Å². The highest BCUT2D eigenvalue weighted by Gasteiger charge is 2.45. The fourth-order valence-electron chi connectivity index (χ4n) is 3.99. The van der Waals surface area contributed by atoms with Crippen LogP contribution < -0.4 is 10.2 Å². The van der Waals surface area contributed by atoms with Crippen molar-refractivity contribution in [1.82, 2.24) is 20.0 Å². The third kappa shape index (κ3) is 3.47. The van der Waals surface area contributed by atoms with E-state index in [2.05, 4.69) is 10.4 Å². The Hall–Kier alpha value is -3.56. The van der Waals surface area contributed by atoms with Crippen molar-refractivity contribution in [2.24, 2.45) is 0 Å². The van der Waals surface area contributed by atoms with Gasteiger partial charge in [0, 0.05) is 38.3 Å². The summed E-state index contributed by atoms with van der Waals surface area (Å²) in [4.78, 5) is 51.8. The molecule has 4 amide bonds. The smallest absolute Gasteiger partial charge is 0.262 e. The maximum absolute atomic E-state index is 14.9. The Balaban J connectivity index is 1.63. The molecule has 2 aromatic rings. The van der Waals surface area contributed by atoms with E-state index < -0.39 is 35.5 Å². The van der Waals surface area contributed by atoms with Crippen LogP contribution in [0.4, 0.5) is 10.1 Å². The van der Waals surface area contributed by atoms with Gasteiger partial charge in [0.25, 0.3) is 11.8 Å². The van der Waals surface area contributed by atoms with Gasteiger partial charge in [0.15, 0.2) is 0 Å². The summed E-state index contributed by atoms with van der Waals surface area (Å²) >= 11 is 0. The molecule has 1 atom stereocenters. The Morgan fingerprint density at radius 2 is 1.87 bits per heavy atom. The number of aryl methyl sites for hydroxylation is 2. The average Bonchev–Trinajstić information content (AvgIpc) is 3.19. The van der Waals surface area contributed by atoms with Crippen LogP contribution in [0.1, 0.15) is 51.7 Å². The summed E-state index contributed by atoms with van der Waals surface area (Å²) in [5.41, 5.74) is 1.86. The summed E-state index contributed by atoms with van der Waals surface area (Å²) in [6.07, 6.45) is 1.96. The minimum atomic E-state index is -1.09. The molecule has 2 aliphatic rings. The van der Waals surface area contributed by atoms with Crippen molar-refractivity contribution >= 4 is 29.3 Å². The number of hydrogen-bond acceptors (Lipinski definition) is 6. The number of amides is 4. The minimum Gasteiger partial charge on any atom is -0.368 e. The van der Waals surface area contributed by atoms with Gasteiger partial charge in [-0.2, -0.15) is 5.10 Å². The van der Waals surface area contributed by atoms with Gasteiger partial charge < -0.3 is 4.90 Å².